The Kier molecular flexibility index (Phi) is 6.87. The number of nitrogens with one attached hydrogen (secondary N) is 1. The van der Waals surface area contributed by atoms with Gasteiger partial charge in [-0.2, -0.15) is 0 Å². The molecule has 1 atom stereocenters. The SMILES string of the molecule is CCC(C)NS(=O)(=O)c1ccc(C(=O)N2CCN(Cc3cccs3)CC2)cc1. The van der Waals surface area contributed by atoms with Crippen LogP contribution in [0.5, 0.6) is 0 Å². The van der Waals surface area contributed by atoms with E-state index in [2.05, 4.69) is 27.1 Å². The molecular formula is C20H27N3O3S2. The van der Waals surface area contributed by atoms with Crippen molar-refractivity contribution < 1.29 is 13.2 Å². The molecule has 1 fully saturated rings. The first-order valence-electron chi connectivity index (χ1n) is 9.55. The quantitative estimate of drug-likeness (QED) is 0.746. The summed E-state index contributed by atoms with van der Waals surface area (Å²) in [6, 6.07) is 10.3. The summed E-state index contributed by atoms with van der Waals surface area (Å²) in [5.41, 5.74) is 0.522. The van der Waals surface area contributed by atoms with Gasteiger partial charge in [0.1, 0.15) is 0 Å². The Morgan fingerprint density at radius 1 is 1.14 bits per heavy atom. The van der Waals surface area contributed by atoms with Gasteiger partial charge < -0.3 is 4.90 Å². The summed E-state index contributed by atoms with van der Waals surface area (Å²) in [6.45, 7) is 7.72. The molecule has 3 rings (SSSR count). The monoisotopic (exact) mass is 421 g/mol. The molecule has 152 valence electrons. The minimum atomic E-state index is -3.55. The Bertz CT molecular complexity index is 872. The summed E-state index contributed by atoms with van der Waals surface area (Å²) in [7, 11) is -3.55. The van der Waals surface area contributed by atoms with E-state index in [4.69, 9.17) is 0 Å². The van der Waals surface area contributed by atoms with Crippen molar-refractivity contribution >= 4 is 27.3 Å². The number of hydrogen-bond acceptors (Lipinski definition) is 5. The third-order valence-electron chi connectivity index (χ3n) is 5.00. The van der Waals surface area contributed by atoms with Gasteiger partial charge in [-0.15, -0.1) is 11.3 Å². The van der Waals surface area contributed by atoms with Gasteiger partial charge in [-0.25, -0.2) is 13.1 Å². The van der Waals surface area contributed by atoms with Gasteiger partial charge >= 0.3 is 0 Å². The van der Waals surface area contributed by atoms with Gasteiger partial charge in [-0.1, -0.05) is 13.0 Å². The number of carbonyl (C=O) groups excluding carboxylic acids is 1. The van der Waals surface area contributed by atoms with Crippen molar-refractivity contribution in [3.8, 4) is 0 Å². The van der Waals surface area contributed by atoms with Crippen LogP contribution in [0.1, 0.15) is 35.5 Å². The maximum atomic E-state index is 12.8. The van der Waals surface area contributed by atoms with Gasteiger partial charge in [-0.3, -0.25) is 9.69 Å². The number of sulfonamides is 1. The molecule has 1 aromatic heterocycles. The van der Waals surface area contributed by atoms with E-state index in [9.17, 15) is 13.2 Å². The molecule has 1 aromatic carbocycles. The molecule has 1 aliphatic rings. The predicted octanol–water partition coefficient (Wildman–Crippen LogP) is 2.78. The molecule has 0 bridgehead atoms. The highest BCUT2D eigenvalue weighted by Crippen LogP contribution is 2.16. The van der Waals surface area contributed by atoms with Gasteiger partial charge in [0, 0.05) is 49.2 Å². The zero-order valence-corrected chi connectivity index (χ0v) is 17.9. The van der Waals surface area contributed by atoms with Crippen molar-refractivity contribution in [3.63, 3.8) is 0 Å². The second kappa shape index (κ2) is 9.17. The largest absolute Gasteiger partial charge is 0.336 e. The summed E-state index contributed by atoms with van der Waals surface area (Å²) in [6.07, 6.45) is 0.717. The van der Waals surface area contributed by atoms with Gasteiger partial charge in [0.2, 0.25) is 10.0 Å². The summed E-state index contributed by atoms with van der Waals surface area (Å²) < 4.78 is 27.3. The molecule has 0 saturated carbocycles. The summed E-state index contributed by atoms with van der Waals surface area (Å²) >= 11 is 1.75. The molecule has 0 spiro atoms. The van der Waals surface area contributed by atoms with Crippen LogP contribution in [-0.2, 0) is 16.6 Å². The zero-order chi connectivity index (χ0) is 20.1. The number of hydrogen-bond donors (Lipinski definition) is 1. The molecule has 1 aliphatic heterocycles. The van der Waals surface area contributed by atoms with Gasteiger partial charge in [0.25, 0.3) is 5.91 Å². The molecule has 1 N–H and O–H groups in total. The highest BCUT2D eigenvalue weighted by Gasteiger charge is 2.23. The van der Waals surface area contributed by atoms with Crippen LogP contribution in [0.2, 0.25) is 0 Å². The van der Waals surface area contributed by atoms with E-state index in [0.29, 0.717) is 25.1 Å². The van der Waals surface area contributed by atoms with Gasteiger partial charge in [0.05, 0.1) is 4.90 Å². The van der Waals surface area contributed by atoms with E-state index in [0.717, 1.165) is 19.6 Å². The lowest BCUT2D eigenvalue weighted by Gasteiger charge is -2.34. The fourth-order valence-corrected chi connectivity index (χ4v) is 5.18. The van der Waals surface area contributed by atoms with Gasteiger partial charge in [-0.05, 0) is 49.1 Å². The molecule has 0 radical (unpaired) electrons. The lowest BCUT2D eigenvalue weighted by Crippen LogP contribution is -2.48. The highest BCUT2D eigenvalue weighted by atomic mass is 32.2. The zero-order valence-electron chi connectivity index (χ0n) is 16.3. The number of benzene rings is 1. The number of amides is 1. The lowest BCUT2D eigenvalue weighted by molar-refractivity contribution is 0.0629. The second-order valence-electron chi connectivity index (χ2n) is 7.10. The number of thiophene rings is 1. The normalized spacial score (nSPS) is 16.9. The Balaban J connectivity index is 1.58. The first-order chi connectivity index (χ1) is 13.4. The Hall–Kier alpha value is -1.74. The third kappa shape index (κ3) is 5.20. The third-order valence-corrected chi connectivity index (χ3v) is 7.47. The Labute approximate surface area is 171 Å². The minimum absolute atomic E-state index is 0.0467. The molecule has 8 heteroatoms. The summed E-state index contributed by atoms with van der Waals surface area (Å²) in [5.74, 6) is -0.0467. The smallest absolute Gasteiger partial charge is 0.253 e. The predicted molar refractivity (Wildman–Crippen MR) is 112 cm³/mol. The number of rotatable bonds is 7. The molecule has 1 saturated heterocycles. The standard InChI is InChI=1S/C20H27N3O3S2/c1-3-16(2)21-28(25,26)19-8-6-17(7-9-19)20(24)23-12-10-22(11-13-23)15-18-5-4-14-27-18/h4-9,14,16,21H,3,10-13,15H2,1-2H3. The van der Waals surface area contributed by atoms with Crippen molar-refractivity contribution in [3.05, 3.63) is 52.2 Å². The van der Waals surface area contributed by atoms with Gasteiger partial charge in [0.15, 0.2) is 0 Å². The van der Waals surface area contributed by atoms with Crippen LogP contribution in [-0.4, -0.2) is 56.3 Å². The number of carbonyl (C=O) groups is 1. The molecule has 1 amide bonds. The van der Waals surface area contributed by atoms with Crippen molar-refractivity contribution in [2.24, 2.45) is 0 Å². The summed E-state index contributed by atoms with van der Waals surface area (Å²) in [4.78, 5) is 18.5. The number of nitrogens with zero attached hydrogens (tertiary/aromatic N) is 2. The highest BCUT2D eigenvalue weighted by molar-refractivity contribution is 7.89. The fourth-order valence-electron chi connectivity index (χ4n) is 3.11. The van der Waals surface area contributed by atoms with Crippen LogP contribution in [0.15, 0.2) is 46.7 Å². The molecule has 6 nitrogen and oxygen atoms in total. The molecular weight excluding hydrogens is 394 g/mol. The van der Waals surface area contributed by atoms with Crippen LogP contribution < -0.4 is 4.72 Å². The Morgan fingerprint density at radius 2 is 1.82 bits per heavy atom. The van der Waals surface area contributed by atoms with E-state index >= 15 is 0 Å². The molecule has 28 heavy (non-hydrogen) atoms. The summed E-state index contributed by atoms with van der Waals surface area (Å²) in [5, 5.41) is 2.08. The van der Waals surface area contributed by atoms with Crippen LogP contribution >= 0.6 is 11.3 Å². The van der Waals surface area contributed by atoms with Crippen molar-refractivity contribution in [2.75, 3.05) is 26.2 Å². The van der Waals surface area contributed by atoms with Crippen molar-refractivity contribution in [1.29, 1.82) is 0 Å². The maximum Gasteiger partial charge on any atom is 0.253 e. The van der Waals surface area contributed by atoms with Crippen LogP contribution in [0, 0.1) is 0 Å². The molecule has 2 heterocycles. The van der Waals surface area contributed by atoms with Crippen molar-refractivity contribution in [1.82, 2.24) is 14.5 Å². The van der Waals surface area contributed by atoms with Crippen molar-refractivity contribution in [2.45, 2.75) is 37.8 Å². The van der Waals surface area contributed by atoms with E-state index in [1.165, 1.54) is 17.0 Å². The van der Waals surface area contributed by atoms with Crippen LogP contribution in [0.4, 0.5) is 0 Å². The average molecular weight is 422 g/mol. The topological polar surface area (TPSA) is 69.7 Å². The van der Waals surface area contributed by atoms with E-state index in [1.807, 2.05) is 18.7 Å². The van der Waals surface area contributed by atoms with E-state index < -0.39 is 10.0 Å². The molecule has 1 unspecified atom stereocenters. The molecule has 0 aliphatic carbocycles. The average Bonchev–Trinajstić information content (AvgIpc) is 3.21. The van der Waals surface area contributed by atoms with E-state index in [1.54, 1.807) is 23.5 Å². The molecule has 2 aromatic rings. The van der Waals surface area contributed by atoms with Crippen LogP contribution in [0.3, 0.4) is 0 Å². The first-order valence-corrected chi connectivity index (χ1v) is 11.9. The van der Waals surface area contributed by atoms with E-state index in [-0.39, 0.29) is 16.8 Å². The fraction of sp³-hybridized carbons (Fsp3) is 0.450. The lowest BCUT2D eigenvalue weighted by atomic mass is 10.2. The van der Waals surface area contributed by atoms with Crippen LogP contribution in [0.25, 0.3) is 0 Å². The second-order valence-corrected chi connectivity index (χ2v) is 9.85. The minimum Gasteiger partial charge on any atom is -0.336 e. The maximum absolute atomic E-state index is 12.8. The Morgan fingerprint density at radius 3 is 2.39 bits per heavy atom. The first kappa shape index (κ1) is 21.0. The number of piperazine rings is 1.